The highest BCUT2D eigenvalue weighted by atomic mass is 16.5. The number of hydrogen-bond acceptors (Lipinski definition) is 7. The Morgan fingerprint density at radius 1 is 1.06 bits per heavy atom. The highest BCUT2D eigenvalue weighted by Crippen LogP contribution is 2.17. The molecule has 0 bridgehead atoms. The average molecular weight is 443 g/mol. The molecule has 3 heterocycles. The van der Waals surface area contributed by atoms with Gasteiger partial charge >= 0.3 is 0 Å². The van der Waals surface area contributed by atoms with Crippen LogP contribution in [0.4, 0.5) is 0 Å². The molecule has 2 aromatic rings. The molecule has 0 radical (unpaired) electrons. The lowest BCUT2D eigenvalue weighted by Crippen LogP contribution is -2.48. The van der Waals surface area contributed by atoms with Crippen molar-refractivity contribution < 1.29 is 14.6 Å². The third-order valence-corrected chi connectivity index (χ3v) is 6.19. The number of rotatable bonds is 8. The summed E-state index contributed by atoms with van der Waals surface area (Å²) >= 11 is 0. The molecule has 1 atom stereocenters. The Labute approximate surface area is 189 Å². The van der Waals surface area contributed by atoms with Crippen LogP contribution in [0.2, 0.25) is 0 Å². The van der Waals surface area contributed by atoms with Gasteiger partial charge in [-0.3, -0.25) is 14.8 Å². The smallest absolute Gasteiger partial charge is 0.291 e. The van der Waals surface area contributed by atoms with Gasteiger partial charge in [0.25, 0.3) is 5.91 Å². The molecule has 2 N–H and O–H groups in total. The first-order valence-corrected chi connectivity index (χ1v) is 11.7. The van der Waals surface area contributed by atoms with Crippen LogP contribution < -0.4 is 4.74 Å². The molecule has 1 unspecified atom stereocenters. The zero-order valence-corrected chi connectivity index (χ0v) is 18.7. The van der Waals surface area contributed by atoms with Crippen LogP contribution in [-0.4, -0.2) is 99.4 Å². The van der Waals surface area contributed by atoms with Gasteiger partial charge in [-0.05, 0) is 43.6 Å². The number of nitrogens with zero attached hydrogens (tertiary/aromatic N) is 5. The number of carbonyl (C=O) groups excluding carboxylic acids is 1. The molecule has 0 aliphatic carbocycles. The predicted molar refractivity (Wildman–Crippen MR) is 120 cm³/mol. The van der Waals surface area contributed by atoms with Crippen molar-refractivity contribution in [2.24, 2.45) is 0 Å². The zero-order chi connectivity index (χ0) is 22.2. The van der Waals surface area contributed by atoms with Crippen LogP contribution in [0.15, 0.2) is 30.6 Å². The molecule has 174 valence electrons. The van der Waals surface area contributed by atoms with E-state index in [1.54, 1.807) is 0 Å². The van der Waals surface area contributed by atoms with Gasteiger partial charge in [0.1, 0.15) is 24.8 Å². The van der Waals surface area contributed by atoms with Crippen molar-refractivity contribution in [3.8, 4) is 5.75 Å². The van der Waals surface area contributed by atoms with E-state index < -0.39 is 6.10 Å². The Hall–Kier alpha value is -2.49. The fourth-order valence-electron chi connectivity index (χ4n) is 4.42. The molecule has 2 aliphatic heterocycles. The minimum Gasteiger partial charge on any atom is -0.491 e. The maximum Gasteiger partial charge on any atom is 0.291 e. The number of aliphatic hydroxyl groups excluding tert-OH is 1. The quantitative estimate of drug-likeness (QED) is 0.637. The number of aromatic nitrogens is 3. The third kappa shape index (κ3) is 6.51. The number of hydrogen-bond donors (Lipinski definition) is 2. The average Bonchev–Trinajstić information content (AvgIpc) is 3.23. The lowest BCUT2D eigenvalue weighted by Gasteiger charge is -2.34. The van der Waals surface area contributed by atoms with Crippen LogP contribution >= 0.6 is 0 Å². The molecule has 1 aromatic heterocycles. The number of H-pyrrole nitrogens is 1. The Kier molecular flexibility index (Phi) is 8.08. The topological polar surface area (TPSA) is 97.8 Å². The zero-order valence-electron chi connectivity index (χ0n) is 18.7. The van der Waals surface area contributed by atoms with Crippen molar-refractivity contribution in [2.75, 3.05) is 52.4 Å². The lowest BCUT2D eigenvalue weighted by atomic mass is 10.2. The number of ether oxygens (including phenoxy) is 1. The predicted octanol–water partition coefficient (Wildman–Crippen LogP) is 1.38. The van der Waals surface area contributed by atoms with Crippen molar-refractivity contribution in [1.29, 1.82) is 0 Å². The Balaban J connectivity index is 1.21. The monoisotopic (exact) mass is 442 g/mol. The van der Waals surface area contributed by atoms with Gasteiger partial charge in [-0.25, -0.2) is 4.98 Å². The molecule has 4 rings (SSSR count). The summed E-state index contributed by atoms with van der Waals surface area (Å²) in [4.78, 5) is 22.8. The van der Waals surface area contributed by atoms with E-state index in [0.717, 1.165) is 38.5 Å². The van der Waals surface area contributed by atoms with Gasteiger partial charge in [0.05, 0.1) is 0 Å². The standard InChI is InChI=1S/C23H34N6O3/c30-20(16-27-8-3-1-2-4-9-27)17-32-21-7-5-6-19(14-21)15-28-10-12-29(13-11-28)23(31)22-24-18-25-26-22/h5-7,14,18,20,30H,1-4,8-13,15-17H2,(H,24,25,26). The Morgan fingerprint density at radius 3 is 2.56 bits per heavy atom. The number of nitrogens with one attached hydrogen (secondary N) is 1. The SMILES string of the molecule is O=C(c1ncn[nH]1)N1CCN(Cc2cccc(OCC(O)CN3CCCCCC3)c2)CC1. The van der Waals surface area contributed by atoms with Crippen LogP contribution in [0.25, 0.3) is 0 Å². The summed E-state index contributed by atoms with van der Waals surface area (Å²) in [6, 6.07) is 8.07. The summed E-state index contributed by atoms with van der Waals surface area (Å²) in [5.74, 6) is 0.981. The summed E-state index contributed by atoms with van der Waals surface area (Å²) < 4.78 is 5.90. The van der Waals surface area contributed by atoms with E-state index in [0.29, 0.717) is 32.1 Å². The molecule has 0 spiro atoms. The third-order valence-electron chi connectivity index (χ3n) is 6.19. The summed E-state index contributed by atoms with van der Waals surface area (Å²) in [5, 5.41) is 16.8. The van der Waals surface area contributed by atoms with Crippen molar-refractivity contribution in [3.63, 3.8) is 0 Å². The molecular formula is C23H34N6O3. The van der Waals surface area contributed by atoms with Crippen molar-refractivity contribution in [2.45, 2.75) is 38.3 Å². The number of aliphatic hydroxyl groups is 1. The second-order valence-electron chi connectivity index (χ2n) is 8.73. The summed E-state index contributed by atoms with van der Waals surface area (Å²) in [6.45, 7) is 6.88. The van der Waals surface area contributed by atoms with Gasteiger partial charge in [0.2, 0.25) is 5.82 Å². The van der Waals surface area contributed by atoms with Crippen LogP contribution in [0.5, 0.6) is 5.75 Å². The van der Waals surface area contributed by atoms with Crippen LogP contribution in [-0.2, 0) is 6.54 Å². The van der Waals surface area contributed by atoms with Crippen molar-refractivity contribution in [3.05, 3.63) is 42.0 Å². The first-order chi connectivity index (χ1) is 15.7. The van der Waals surface area contributed by atoms with Crippen molar-refractivity contribution in [1.82, 2.24) is 29.9 Å². The van der Waals surface area contributed by atoms with E-state index in [-0.39, 0.29) is 5.91 Å². The molecule has 32 heavy (non-hydrogen) atoms. The fourth-order valence-corrected chi connectivity index (χ4v) is 4.42. The van der Waals surface area contributed by atoms with Gasteiger partial charge in [-0.15, -0.1) is 0 Å². The fraction of sp³-hybridized carbons (Fsp3) is 0.609. The molecule has 1 amide bonds. The van der Waals surface area contributed by atoms with E-state index >= 15 is 0 Å². The highest BCUT2D eigenvalue weighted by molar-refractivity contribution is 5.90. The number of amides is 1. The minimum atomic E-state index is -0.480. The number of likely N-dealkylation sites (tertiary alicyclic amines) is 1. The number of benzene rings is 1. The molecule has 0 saturated carbocycles. The van der Waals surface area contributed by atoms with E-state index in [9.17, 15) is 9.90 Å². The summed E-state index contributed by atoms with van der Waals surface area (Å²) in [7, 11) is 0. The second kappa shape index (κ2) is 11.4. The Morgan fingerprint density at radius 2 is 1.84 bits per heavy atom. The Bertz CT molecular complexity index is 830. The molecular weight excluding hydrogens is 408 g/mol. The molecule has 1 aromatic carbocycles. The normalized spacial score (nSPS) is 19.5. The van der Waals surface area contributed by atoms with Gasteiger partial charge in [0.15, 0.2) is 0 Å². The van der Waals surface area contributed by atoms with E-state index in [1.807, 2.05) is 23.1 Å². The molecule has 9 heteroatoms. The van der Waals surface area contributed by atoms with Gasteiger partial charge in [0, 0.05) is 39.3 Å². The van der Waals surface area contributed by atoms with Gasteiger partial charge in [-0.1, -0.05) is 25.0 Å². The molecule has 2 fully saturated rings. The van der Waals surface area contributed by atoms with Gasteiger partial charge in [-0.2, -0.15) is 5.10 Å². The molecule has 2 saturated heterocycles. The number of carbonyl (C=O) groups is 1. The first-order valence-electron chi connectivity index (χ1n) is 11.7. The van der Waals surface area contributed by atoms with E-state index in [2.05, 4.69) is 31.0 Å². The lowest BCUT2D eigenvalue weighted by molar-refractivity contribution is 0.0615. The second-order valence-corrected chi connectivity index (χ2v) is 8.73. The maximum absolute atomic E-state index is 12.4. The minimum absolute atomic E-state index is 0.101. The number of aromatic amines is 1. The molecule has 9 nitrogen and oxygen atoms in total. The molecule has 2 aliphatic rings. The van der Waals surface area contributed by atoms with Crippen LogP contribution in [0.1, 0.15) is 41.9 Å². The number of β-amino-alcohol motifs (C(OH)–C–C–N with tert-alkyl or cyclic N) is 1. The van der Waals surface area contributed by atoms with Crippen LogP contribution in [0.3, 0.4) is 0 Å². The van der Waals surface area contributed by atoms with Gasteiger partial charge < -0.3 is 19.6 Å². The largest absolute Gasteiger partial charge is 0.491 e. The highest BCUT2D eigenvalue weighted by Gasteiger charge is 2.24. The summed E-state index contributed by atoms with van der Waals surface area (Å²) in [5.41, 5.74) is 1.17. The van der Waals surface area contributed by atoms with Crippen LogP contribution in [0, 0.1) is 0 Å². The van der Waals surface area contributed by atoms with E-state index in [1.165, 1.54) is 37.6 Å². The maximum atomic E-state index is 12.4. The number of piperazine rings is 1. The van der Waals surface area contributed by atoms with Crippen molar-refractivity contribution >= 4 is 5.91 Å². The van der Waals surface area contributed by atoms with E-state index in [4.69, 9.17) is 4.74 Å². The first kappa shape index (κ1) is 22.7. The summed E-state index contributed by atoms with van der Waals surface area (Å²) in [6.07, 6.45) is 5.90.